The first-order valence-electron chi connectivity index (χ1n) is 31.8. The fraction of sp³-hybridized carbons (Fsp3) is 0.694. The summed E-state index contributed by atoms with van der Waals surface area (Å²) < 4.78 is 5.79. The first-order chi connectivity index (χ1) is 42.9. The van der Waals surface area contributed by atoms with E-state index in [1.54, 1.807) is 48.5 Å². The zero-order valence-electron chi connectivity index (χ0n) is 55.0. The van der Waals surface area contributed by atoms with Crippen molar-refractivity contribution in [3.05, 3.63) is 35.9 Å². The second-order valence-corrected chi connectivity index (χ2v) is 24.2. The summed E-state index contributed by atoms with van der Waals surface area (Å²) in [6, 6.07) is -5.43. The number of esters is 1. The van der Waals surface area contributed by atoms with Crippen LogP contribution in [-0.2, 0) is 68.7 Å². The Morgan fingerprint density at radius 2 is 1.05 bits per heavy atom. The van der Waals surface area contributed by atoms with Crippen LogP contribution in [-0.4, -0.2) is 173 Å². The molecule has 0 radical (unpaired) electrons. The number of nitrogens with two attached hydrogens (primary N) is 3. The summed E-state index contributed by atoms with van der Waals surface area (Å²) in [4.78, 5) is 171. The summed E-state index contributed by atoms with van der Waals surface area (Å²) in [6.07, 6.45) is 0.0438. The molecule has 1 aliphatic rings. The largest absolute Gasteiger partial charge is 0.458 e. The second kappa shape index (κ2) is 40.0. The van der Waals surface area contributed by atoms with E-state index < -0.39 is 193 Å². The molecule has 18 N–H and O–H groups in total. The van der Waals surface area contributed by atoms with Gasteiger partial charge in [0, 0.05) is 18.9 Å². The molecule has 29 nitrogen and oxygen atoms in total. The van der Waals surface area contributed by atoms with Crippen LogP contribution in [0, 0.1) is 35.5 Å². The Hall–Kier alpha value is -7.95. The molecule has 0 spiro atoms. The van der Waals surface area contributed by atoms with E-state index in [2.05, 4.69) is 58.2 Å². The van der Waals surface area contributed by atoms with E-state index in [0.29, 0.717) is 25.7 Å². The molecule has 0 bridgehead atoms. The standard InChI is InChI=1S/C62H104N14O15/c1-13-33(8)46(72-51(80)39(17-5)29-38-22-19-18-20-23-38)57(86)70-43(30-77)55(84)67-41(25-26-45(63)79)53(82)73-48(35(10)15-3)59(88)74-47(34(9)14-2)58(87)71-44(31-78)56(85)76-50-37(12)91-61(90)49(36(11)16-4)75-54(83)42(28-32(6)7)69-52(81)40(68-60(50)89)24-21-27-66-62(64)65/h18-20,22-23,32-37,39-44,46-50,77-78H,13-17,21,24-31H2,1-12H3,(H2,63,79)(H,67,84)(H,68,89)(H,69,81)(H,70,86)(H,71,87)(H,72,80)(H,73,82)(H,74,88)(H,75,83)(H,76,85)(H4,64,65,66)/t33-,34-,35+,36-,37-,39+,40-,41+,42-,43-,44-,46-,47-,48+,49-,50+/m0/s1. The molecule has 0 aromatic heterocycles. The van der Waals surface area contributed by atoms with Crippen molar-refractivity contribution < 1.29 is 72.5 Å². The average Bonchev–Trinajstić information content (AvgIpc) is 2.60. The minimum Gasteiger partial charge on any atom is -0.458 e. The summed E-state index contributed by atoms with van der Waals surface area (Å²) in [5.74, 6) is -13.8. The number of aliphatic hydroxyl groups is 2. The number of aliphatic hydroxyl groups excluding tert-OH is 2. The number of guanidine groups is 1. The van der Waals surface area contributed by atoms with Crippen molar-refractivity contribution >= 4 is 76.9 Å². The van der Waals surface area contributed by atoms with Crippen LogP contribution in [0.5, 0.6) is 0 Å². The molecule has 0 saturated carbocycles. The van der Waals surface area contributed by atoms with Crippen LogP contribution in [0.2, 0.25) is 0 Å². The first kappa shape index (κ1) is 79.1. The smallest absolute Gasteiger partial charge is 0.329 e. The van der Waals surface area contributed by atoms with Crippen LogP contribution in [0.1, 0.15) is 153 Å². The number of ether oxygens (including phenoxy) is 1. The van der Waals surface area contributed by atoms with Gasteiger partial charge in [0.25, 0.3) is 0 Å². The summed E-state index contributed by atoms with van der Waals surface area (Å²) in [6.45, 7) is 18.4. The molecule has 0 unspecified atom stereocenters. The lowest BCUT2D eigenvalue weighted by atomic mass is 9.93. The predicted octanol–water partition coefficient (Wildman–Crippen LogP) is -1.42. The number of rotatable bonds is 36. The lowest BCUT2D eigenvalue weighted by molar-refractivity contribution is -0.157. The Bertz CT molecular complexity index is 2630. The molecule has 2 rings (SSSR count). The number of carbonyl (C=O) groups is 12. The zero-order valence-corrected chi connectivity index (χ0v) is 55.0. The molecule has 11 amide bonds. The molecule has 1 aromatic carbocycles. The number of nitrogens with one attached hydrogen (secondary N) is 10. The number of aliphatic imine (C=N–C) groups is 1. The number of primary amides is 1. The van der Waals surface area contributed by atoms with E-state index in [1.807, 2.05) is 58.0 Å². The van der Waals surface area contributed by atoms with Crippen molar-refractivity contribution in [3.63, 3.8) is 0 Å². The van der Waals surface area contributed by atoms with Gasteiger partial charge < -0.3 is 85.3 Å². The monoisotopic (exact) mass is 1280 g/mol. The van der Waals surface area contributed by atoms with Gasteiger partial charge >= 0.3 is 5.97 Å². The Balaban J connectivity index is 2.48. The van der Waals surface area contributed by atoms with Crippen molar-refractivity contribution in [1.29, 1.82) is 0 Å². The highest BCUT2D eigenvalue weighted by Crippen LogP contribution is 2.19. The number of carbonyl (C=O) groups excluding carboxylic acids is 12. The zero-order chi connectivity index (χ0) is 68.8. The topological polar surface area (TPSA) is 465 Å². The number of hydrogen-bond donors (Lipinski definition) is 15. The van der Waals surface area contributed by atoms with Gasteiger partial charge in [-0.05, 0) is 80.6 Å². The maximum absolute atomic E-state index is 14.5. The van der Waals surface area contributed by atoms with Crippen LogP contribution < -0.4 is 70.4 Å². The van der Waals surface area contributed by atoms with Gasteiger partial charge in [-0.25, -0.2) is 4.79 Å². The van der Waals surface area contributed by atoms with E-state index in [4.69, 9.17) is 21.9 Å². The Morgan fingerprint density at radius 3 is 1.54 bits per heavy atom. The highest BCUT2D eigenvalue weighted by atomic mass is 16.5. The minimum absolute atomic E-state index is 0.0425. The van der Waals surface area contributed by atoms with Gasteiger partial charge in [-0.2, -0.15) is 0 Å². The number of hydrogen-bond acceptors (Lipinski definition) is 16. The summed E-state index contributed by atoms with van der Waals surface area (Å²) in [7, 11) is 0. The van der Waals surface area contributed by atoms with Crippen molar-refractivity contribution in [2.24, 2.45) is 57.7 Å². The van der Waals surface area contributed by atoms with Crippen molar-refractivity contribution in [3.8, 4) is 0 Å². The summed E-state index contributed by atoms with van der Waals surface area (Å²) >= 11 is 0. The maximum Gasteiger partial charge on any atom is 0.329 e. The Morgan fingerprint density at radius 1 is 0.582 bits per heavy atom. The normalized spacial score (nSPS) is 20.8. The van der Waals surface area contributed by atoms with E-state index >= 15 is 0 Å². The van der Waals surface area contributed by atoms with Crippen molar-refractivity contribution in [2.75, 3.05) is 19.8 Å². The van der Waals surface area contributed by atoms with Gasteiger partial charge in [-0.3, -0.25) is 57.7 Å². The van der Waals surface area contributed by atoms with E-state index in [-0.39, 0.29) is 50.5 Å². The van der Waals surface area contributed by atoms with Gasteiger partial charge in [-0.15, -0.1) is 0 Å². The lowest BCUT2D eigenvalue weighted by Crippen LogP contribution is -2.63. The molecule has 1 heterocycles. The van der Waals surface area contributed by atoms with Crippen LogP contribution in [0.3, 0.4) is 0 Å². The highest BCUT2D eigenvalue weighted by molar-refractivity contribution is 5.99. The molecule has 91 heavy (non-hydrogen) atoms. The van der Waals surface area contributed by atoms with Gasteiger partial charge in [0.1, 0.15) is 66.5 Å². The molecule has 512 valence electrons. The van der Waals surface area contributed by atoms with Crippen LogP contribution in [0.4, 0.5) is 0 Å². The summed E-state index contributed by atoms with van der Waals surface area (Å²) in [5.41, 5.74) is 17.4. The van der Waals surface area contributed by atoms with Crippen molar-refractivity contribution in [1.82, 2.24) is 53.2 Å². The lowest BCUT2D eigenvalue weighted by Gasteiger charge is -2.31. The third kappa shape index (κ3) is 26.1. The molecular formula is C62H104N14O15. The fourth-order valence-corrected chi connectivity index (χ4v) is 9.84. The molecule has 29 heteroatoms. The van der Waals surface area contributed by atoms with Crippen LogP contribution in [0.15, 0.2) is 35.3 Å². The molecule has 0 aliphatic carbocycles. The quantitative estimate of drug-likeness (QED) is 0.0159. The van der Waals surface area contributed by atoms with Gasteiger partial charge in [0.15, 0.2) is 5.96 Å². The van der Waals surface area contributed by atoms with Gasteiger partial charge in [-0.1, -0.05) is 132 Å². The van der Waals surface area contributed by atoms with E-state index in [1.165, 1.54) is 6.92 Å². The van der Waals surface area contributed by atoms with Gasteiger partial charge in [0.05, 0.1) is 13.2 Å². The molecule has 16 atom stereocenters. The average molecular weight is 1290 g/mol. The van der Waals surface area contributed by atoms with Gasteiger partial charge in [0.2, 0.25) is 65.0 Å². The van der Waals surface area contributed by atoms with E-state index in [9.17, 15) is 67.7 Å². The Labute approximate surface area is 534 Å². The van der Waals surface area contributed by atoms with Crippen LogP contribution in [0.25, 0.3) is 0 Å². The molecular weight excluding hydrogens is 1180 g/mol. The third-order valence-corrected chi connectivity index (χ3v) is 16.5. The molecule has 1 aromatic rings. The van der Waals surface area contributed by atoms with Crippen LogP contribution >= 0.6 is 0 Å². The number of benzene rings is 1. The molecule has 1 aliphatic heterocycles. The van der Waals surface area contributed by atoms with E-state index in [0.717, 1.165) is 5.56 Å². The van der Waals surface area contributed by atoms with Crippen molar-refractivity contribution in [2.45, 2.75) is 220 Å². The number of cyclic esters (lactones) is 1. The SMILES string of the molecule is CC[C@H](Cc1ccccc1)C(=O)N[C@H](C(=O)N[C@@H](CO)C(=O)N[C@H](CCC(N)=O)C(=O)N[C@@H](C(=O)N[C@H](C(=O)N[C@@H](CO)C(=O)N[C@H]1C(=O)N[C@@H](CCCN=C(N)N)C(=O)N[C@@H](CC(C)C)C(=O)N[C@@H]([C@@H](C)CC)C(=O)O[C@H]1C)[C@@H](C)CC)[C@H](C)CC)[C@@H](C)CC. The molecule has 1 fully saturated rings. The Kier molecular flexibility index (Phi) is 34.8. The number of nitrogens with zero attached hydrogens (tertiary/aromatic N) is 1. The minimum atomic E-state index is -1.84. The fourth-order valence-electron chi connectivity index (χ4n) is 9.84. The first-order valence-corrected chi connectivity index (χ1v) is 31.8. The highest BCUT2D eigenvalue weighted by Gasteiger charge is 2.41. The third-order valence-electron chi connectivity index (χ3n) is 16.5. The second-order valence-electron chi connectivity index (χ2n) is 24.2. The maximum atomic E-state index is 14.5. The predicted molar refractivity (Wildman–Crippen MR) is 339 cm³/mol. The number of amides is 11. The molecule has 1 saturated heterocycles. The summed E-state index contributed by atoms with van der Waals surface area (Å²) in [5, 5.41) is 47.0.